The van der Waals surface area contributed by atoms with Gasteiger partial charge in [0.2, 0.25) is 23.1 Å². The molecule has 21 heavy (non-hydrogen) atoms. The Balaban J connectivity index is 2.15. The predicted molar refractivity (Wildman–Crippen MR) is 77.8 cm³/mol. The van der Waals surface area contributed by atoms with Crippen LogP contribution in [0.2, 0.25) is 5.28 Å². The molecule has 0 bridgehead atoms. The molecule has 9 heteroatoms. The van der Waals surface area contributed by atoms with Crippen LogP contribution in [0.5, 0.6) is 0 Å². The summed E-state index contributed by atoms with van der Waals surface area (Å²) in [5.74, 6) is 0.589. The van der Waals surface area contributed by atoms with Crippen molar-refractivity contribution in [1.82, 2.24) is 19.9 Å². The van der Waals surface area contributed by atoms with Crippen LogP contribution in [-0.4, -0.2) is 51.4 Å². The minimum atomic E-state index is -0.804. The quantitative estimate of drug-likeness (QED) is 0.853. The minimum absolute atomic E-state index is 0.0159. The van der Waals surface area contributed by atoms with E-state index in [2.05, 4.69) is 31.7 Å². The number of aromatic nitrogens is 3. The van der Waals surface area contributed by atoms with E-state index < -0.39 is 5.54 Å². The van der Waals surface area contributed by atoms with Gasteiger partial charge in [-0.15, -0.1) is 0 Å². The highest BCUT2D eigenvalue weighted by Crippen LogP contribution is 2.26. The Labute approximate surface area is 127 Å². The van der Waals surface area contributed by atoms with E-state index >= 15 is 0 Å². The van der Waals surface area contributed by atoms with Crippen LogP contribution >= 0.6 is 11.6 Å². The third-order valence-electron chi connectivity index (χ3n) is 3.46. The molecular weight excluding hydrogens is 294 g/mol. The minimum Gasteiger partial charge on any atom is -0.357 e. The highest BCUT2D eigenvalue weighted by atomic mass is 35.5. The molecule has 0 unspecified atom stereocenters. The maximum Gasteiger partial charge on any atom is 0.230 e. The molecule has 2 rings (SSSR count). The number of nitriles is 1. The molecule has 1 aromatic heterocycles. The number of anilines is 2. The molecule has 1 aliphatic rings. The number of rotatable bonds is 3. The van der Waals surface area contributed by atoms with Gasteiger partial charge in [-0.05, 0) is 11.6 Å². The monoisotopic (exact) mass is 309 g/mol. The standard InChI is InChI=1S/C12H16ClN7O/c1-8(21)20-5-3-12(7-14,4-6-20)19-11-17-9(13)16-10(15-2)18-11/h3-6H2,1-2H3,(H2,15,16,17,18,19). The van der Waals surface area contributed by atoms with Crippen molar-refractivity contribution in [3.8, 4) is 6.07 Å². The maximum atomic E-state index is 11.3. The van der Waals surface area contributed by atoms with Gasteiger partial charge < -0.3 is 15.5 Å². The molecule has 0 aliphatic carbocycles. The summed E-state index contributed by atoms with van der Waals surface area (Å²) in [6.45, 7) is 2.57. The largest absolute Gasteiger partial charge is 0.357 e. The van der Waals surface area contributed by atoms with E-state index in [1.54, 1.807) is 11.9 Å². The van der Waals surface area contributed by atoms with E-state index in [9.17, 15) is 10.1 Å². The summed E-state index contributed by atoms with van der Waals surface area (Å²) in [5, 5.41) is 15.3. The Bertz CT molecular complexity index is 577. The molecule has 1 aromatic rings. The molecule has 0 radical (unpaired) electrons. The average molecular weight is 310 g/mol. The van der Waals surface area contributed by atoms with Crippen molar-refractivity contribution in [2.24, 2.45) is 0 Å². The van der Waals surface area contributed by atoms with Gasteiger partial charge in [0, 0.05) is 39.9 Å². The van der Waals surface area contributed by atoms with Gasteiger partial charge in [0.05, 0.1) is 6.07 Å². The number of likely N-dealkylation sites (tertiary alicyclic amines) is 1. The zero-order valence-corrected chi connectivity index (χ0v) is 12.6. The van der Waals surface area contributed by atoms with E-state index in [1.807, 2.05) is 0 Å². The van der Waals surface area contributed by atoms with Crippen LogP contribution in [0.3, 0.4) is 0 Å². The van der Waals surface area contributed by atoms with Gasteiger partial charge in [-0.25, -0.2) is 0 Å². The lowest BCUT2D eigenvalue weighted by atomic mass is 9.89. The molecule has 112 valence electrons. The van der Waals surface area contributed by atoms with Crippen molar-refractivity contribution in [2.75, 3.05) is 30.8 Å². The normalized spacial score (nSPS) is 17.0. The van der Waals surface area contributed by atoms with Crippen molar-refractivity contribution < 1.29 is 4.79 Å². The SMILES string of the molecule is CNc1nc(Cl)nc(NC2(C#N)CCN(C(C)=O)CC2)n1. The Kier molecular flexibility index (Phi) is 4.43. The molecule has 0 spiro atoms. The number of halogens is 1. The van der Waals surface area contributed by atoms with E-state index in [0.717, 1.165) is 0 Å². The second kappa shape index (κ2) is 6.10. The molecule has 1 fully saturated rings. The van der Waals surface area contributed by atoms with Gasteiger partial charge in [-0.1, -0.05) is 0 Å². The van der Waals surface area contributed by atoms with Crippen LogP contribution in [0.1, 0.15) is 19.8 Å². The van der Waals surface area contributed by atoms with Crippen LogP contribution in [0, 0.1) is 11.3 Å². The van der Waals surface area contributed by atoms with Crippen LogP contribution < -0.4 is 10.6 Å². The number of hydrogen-bond donors (Lipinski definition) is 2. The van der Waals surface area contributed by atoms with Gasteiger partial charge in [-0.3, -0.25) is 4.79 Å². The molecule has 8 nitrogen and oxygen atoms in total. The number of nitrogens with zero attached hydrogens (tertiary/aromatic N) is 5. The molecule has 1 saturated heterocycles. The third kappa shape index (κ3) is 3.49. The molecule has 0 atom stereocenters. The summed E-state index contributed by atoms with van der Waals surface area (Å²) < 4.78 is 0. The van der Waals surface area contributed by atoms with Crippen molar-refractivity contribution in [3.63, 3.8) is 0 Å². The topological polar surface area (TPSA) is 107 Å². The average Bonchev–Trinajstić information content (AvgIpc) is 2.47. The summed E-state index contributed by atoms with van der Waals surface area (Å²) in [6.07, 6.45) is 1.00. The Morgan fingerprint density at radius 2 is 1.95 bits per heavy atom. The summed E-state index contributed by atoms with van der Waals surface area (Å²) in [5.41, 5.74) is -0.804. The summed E-state index contributed by atoms with van der Waals surface area (Å²) in [7, 11) is 1.67. The molecular formula is C12H16ClN7O. The first-order valence-electron chi connectivity index (χ1n) is 6.52. The van der Waals surface area contributed by atoms with E-state index in [0.29, 0.717) is 31.9 Å². The van der Waals surface area contributed by atoms with Crippen LogP contribution in [0.4, 0.5) is 11.9 Å². The van der Waals surface area contributed by atoms with E-state index in [1.165, 1.54) is 6.92 Å². The number of carbonyl (C=O) groups excluding carboxylic acids is 1. The number of hydrogen-bond acceptors (Lipinski definition) is 7. The van der Waals surface area contributed by atoms with Crippen molar-refractivity contribution in [1.29, 1.82) is 5.26 Å². The highest BCUT2D eigenvalue weighted by Gasteiger charge is 2.36. The molecule has 2 N–H and O–H groups in total. The van der Waals surface area contributed by atoms with Crippen molar-refractivity contribution in [3.05, 3.63) is 5.28 Å². The molecule has 2 heterocycles. The fraction of sp³-hybridized carbons (Fsp3) is 0.583. The first-order chi connectivity index (χ1) is 9.98. The fourth-order valence-corrected chi connectivity index (χ4v) is 2.36. The van der Waals surface area contributed by atoms with Gasteiger partial charge in [0.1, 0.15) is 5.54 Å². The molecule has 0 aromatic carbocycles. The Hall–Kier alpha value is -2.14. The van der Waals surface area contributed by atoms with Gasteiger partial charge in [0.25, 0.3) is 0 Å². The second-order valence-electron chi connectivity index (χ2n) is 4.83. The number of carbonyl (C=O) groups is 1. The lowest BCUT2D eigenvalue weighted by Gasteiger charge is -2.37. The summed E-state index contributed by atoms with van der Waals surface area (Å²) in [6, 6.07) is 2.27. The third-order valence-corrected chi connectivity index (χ3v) is 3.63. The molecule has 1 aliphatic heterocycles. The fourth-order valence-electron chi connectivity index (χ4n) is 2.20. The molecule has 1 amide bonds. The lowest BCUT2D eigenvalue weighted by Crippen LogP contribution is -2.49. The van der Waals surface area contributed by atoms with Gasteiger partial charge in [0.15, 0.2) is 0 Å². The lowest BCUT2D eigenvalue weighted by molar-refractivity contribution is -0.130. The number of piperidine rings is 1. The highest BCUT2D eigenvalue weighted by molar-refractivity contribution is 6.28. The van der Waals surface area contributed by atoms with Crippen molar-refractivity contribution in [2.45, 2.75) is 25.3 Å². The Morgan fingerprint density at radius 1 is 1.33 bits per heavy atom. The predicted octanol–water partition coefficient (Wildman–Crippen LogP) is 0.883. The van der Waals surface area contributed by atoms with Crippen LogP contribution in [0.15, 0.2) is 0 Å². The number of nitrogens with one attached hydrogen (secondary N) is 2. The maximum absolute atomic E-state index is 11.3. The zero-order chi connectivity index (χ0) is 15.5. The zero-order valence-electron chi connectivity index (χ0n) is 11.9. The first-order valence-corrected chi connectivity index (χ1v) is 6.90. The van der Waals surface area contributed by atoms with E-state index in [-0.39, 0.29) is 17.1 Å². The summed E-state index contributed by atoms with van der Waals surface area (Å²) >= 11 is 5.82. The second-order valence-corrected chi connectivity index (χ2v) is 5.16. The smallest absolute Gasteiger partial charge is 0.230 e. The van der Waals surface area contributed by atoms with Crippen LogP contribution in [0.25, 0.3) is 0 Å². The van der Waals surface area contributed by atoms with Gasteiger partial charge in [-0.2, -0.15) is 20.2 Å². The molecule has 0 saturated carbocycles. The van der Waals surface area contributed by atoms with Crippen molar-refractivity contribution >= 4 is 29.4 Å². The van der Waals surface area contributed by atoms with Crippen LogP contribution in [-0.2, 0) is 4.79 Å². The summed E-state index contributed by atoms with van der Waals surface area (Å²) in [4.78, 5) is 25.1. The van der Waals surface area contributed by atoms with E-state index in [4.69, 9.17) is 11.6 Å². The number of amides is 1. The van der Waals surface area contributed by atoms with Gasteiger partial charge >= 0.3 is 0 Å². The first kappa shape index (κ1) is 15.3. The Morgan fingerprint density at radius 3 is 2.48 bits per heavy atom.